The summed E-state index contributed by atoms with van der Waals surface area (Å²) in [5.41, 5.74) is 3.08. The van der Waals surface area contributed by atoms with Crippen LogP contribution >= 0.6 is 15.9 Å². The lowest BCUT2D eigenvalue weighted by molar-refractivity contribution is 0.102. The Morgan fingerprint density at radius 2 is 2.04 bits per heavy atom. The smallest absolute Gasteiger partial charge is 0.274 e. The highest BCUT2D eigenvalue weighted by molar-refractivity contribution is 9.10. The van der Waals surface area contributed by atoms with Gasteiger partial charge in [-0.3, -0.25) is 9.78 Å². The molecule has 2 N–H and O–H groups in total. The summed E-state index contributed by atoms with van der Waals surface area (Å²) in [4.78, 5) is 18.7. The van der Waals surface area contributed by atoms with E-state index in [4.69, 9.17) is 0 Å². The molecular weight excluding hydrogens is 368 g/mol. The van der Waals surface area contributed by atoms with Crippen molar-refractivity contribution in [1.29, 1.82) is 0 Å². The molecule has 0 aliphatic rings. The van der Waals surface area contributed by atoms with Gasteiger partial charge in [0.05, 0.1) is 0 Å². The summed E-state index contributed by atoms with van der Waals surface area (Å²) in [6.07, 6.45) is 2.69. The van der Waals surface area contributed by atoms with Gasteiger partial charge in [0.25, 0.3) is 5.91 Å². The van der Waals surface area contributed by atoms with Gasteiger partial charge in [0.1, 0.15) is 5.69 Å². The van der Waals surface area contributed by atoms with E-state index in [1.165, 1.54) is 0 Å². The Bertz CT molecular complexity index is 703. The monoisotopic (exact) mass is 390 g/mol. The third kappa shape index (κ3) is 5.62. The quantitative estimate of drug-likeness (QED) is 0.706. The molecule has 0 atom stereocenters. The van der Waals surface area contributed by atoms with E-state index < -0.39 is 0 Å². The summed E-state index contributed by atoms with van der Waals surface area (Å²) in [5, 5.41) is 6.23. The molecule has 0 saturated heterocycles. The van der Waals surface area contributed by atoms with Crippen molar-refractivity contribution in [2.75, 3.05) is 37.8 Å². The molecule has 0 radical (unpaired) electrons. The van der Waals surface area contributed by atoms with Crippen LogP contribution in [0.1, 0.15) is 22.5 Å². The second-order valence-electron chi connectivity index (χ2n) is 5.93. The summed E-state index contributed by atoms with van der Waals surface area (Å²) < 4.78 is 0.986. The Morgan fingerprint density at radius 3 is 2.75 bits per heavy atom. The molecule has 2 rings (SSSR count). The van der Waals surface area contributed by atoms with Crippen LogP contribution in [-0.2, 0) is 0 Å². The molecule has 1 aromatic carbocycles. The average Bonchev–Trinajstić information content (AvgIpc) is 2.54. The maximum absolute atomic E-state index is 12.4. The Kier molecular flexibility index (Phi) is 6.75. The van der Waals surface area contributed by atoms with Crippen molar-refractivity contribution >= 4 is 33.2 Å². The molecule has 0 bridgehead atoms. The number of hydrogen-bond acceptors (Lipinski definition) is 4. The lowest BCUT2D eigenvalue weighted by Crippen LogP contribution is -2.17. The van der Waals surface area contributed by atoms with Gasteiger partial charge in [-0.25, -0.2) is 0 Å². The van der Waals surface area contributed by atoms with E-state index in [1.807, 2.05) is 31.2 Å². The zero-order valence-electron chi connectivity index (χ0n) is 14.3. The van der Waals surface area contributed by atoms with Gasteiger partial charge in [-0.2, -0.15) is 0 Å². The highest BCUT2D eigenvalue weighted by Gasteiger charge is 2.10. The highest BCUT2D eigenvalue weighted by atomic mass is 79.9. The maximum atomic E-state index is 12.4. The summed E-state index contributed by atoms with van der Waals surface area (Å²) in [7, 11) is 4.11. The molecule has 0 spiro atoms. The number of nitrogens with zero attached hydrogens (tertiary/aromatic N) is 2. The van der Waals surface area contributed by atoms with Crippen LogP contribution in [0, 0.1) is 6.92 Å². The van der Waals surface area contributed by atoms with Crippen molar-refractivity contribution in [3.05, 3.63) is 52.3 Å². The number of amides is 1. The topological polar surface area (TPSA) is 57.3 Å². The van der Waals surface area contributed by atoms with Crippen LogP contribution in [0.3, 0.4) is 0 Å². The second-order valence-corrected chi connectivity index (χ2v) is 6.84. The fraction of sp³-hybridized carbons (Fsp3) is 0.333. The molecule has 0 fully saturated rings. The molecule has 0 aliphatic heterocycles. The summed E-state index contributed by atoms with van der Waals surface area (Å²) in [5.74, 6) is -0.211. The normalized spacial score (nSPS) is 10.7. The van der Waals surface area contributed by atoms with Gasteiger partial charge >= 0.3 is 0 Å². The van der Waals surface area contributed by atoms with Crippen LogP contribution in [0.4, 0.5) is 11.4 Å². The first-order valence-corrected chi connectivity index (χ1v) is 8.67. The fourth-order valence-electron chi connectivity index (χ4n) is 2.25. The molecule has 1 aromatic heterocycles. The van der Waals surface area contributed by atoms with Crippen molar-refractivity contribution in [3.8, 4) is 0 Å². The fourth-order valence-corrected chi connectivity index (χ4v) is 2.72. The molecule has 1 heterocycles. The molecule has 2 aromatic rings. The molecule has 0 unspecified atom stereocenters. The SMILES string of the molecule is Cc1cc(Br)ccc1NC(=O)c1cc(NCCCN(C)C)ccn1. The van der Waals surface area contributed by atoms with Crippen molar-refractivity contribution in [1.82, 2.24) is 9.88 Å². The number of anilines is 2. The number of rotatable bonds is 7. The molecule has 5 nitrogen and oxygen atoms in total. The molecule has 128 valence electrons. The summed E-state index contributed by atoms with van der Waals surface area (Å²) >= 11 is 3.42. The van der Waals surface area contributed by atoms with E-state index in [0.29, 0.717) is 5.69 Å². The highest BCUT2D eigenvalue weighted by Crippen LogP contribution is 2.20. The van der Waals surface area contributed by atoms with Gasteiger partial charge in [0, 0.05) is 28.6 Å². The van der Waals surface area contributed by atoms with Crippen LogP contribution in [0.25, 0.3) is 0 Å². The molecule has 6 heteroatoms. The number of hydrogen-bond donors (Lipinski definition) is 2. The van der Waals surface area contributed by atoms with Gasteiger partial charge in [0.2, 0.25) is 0 Å². The van der Waals surface area contributed by atoms with E-state index in [2.05, 4.69) is 50.5 Å². The van der Waals surface area contributed by atoms with Gasteiger partial charge in [-0.1, -0.05) is 15.9 Å². The summed E-state index contributed by atoms with van der Waals surface area (Å²) in [6, 6.07) is 9.39. The van der Waals surface area contributed by atoms with Crippen molar-refractivity contribution < 1.29 is 4.79 Å². The number of aryl methyl sites for hydroxylation is 1. The van der Waals surface area contributed by atoms with E-state index in [0.717, 1.165) is 40.9 Å². The van der Waals surface area contributed by atoms with E-state index >= 15 is 0 Å². The minimum absolute atomic E-state index is 0.211. The zero-order chi connectivity index (χ0) is 17.5. The van der Waals surface area contributed by atoms with Crippen molar-refractivity contribution in [2.45, 2.75) is 13.3 Å². The predicted octanol–water partition coefficient (Wildman–Crippen LogP) is 3.77. The van der Waals surface area contributed by atoms with Gasteiger partial charge in [-0.15, -0.1) is 0 Å². The Labute approximate surface area is 151 Å². The summed E-state index contributed by atoms with van der Waals surface area (Å²) in [6.45, 7) is 3.83. The van der Waals surface area contributed by atoms with Crippen LogP contribution in [0.15, 0.2) is 41.0 Å². The van der Waals surface area contributed by atoms with Gasteiger partial charge < -0.3 is 15.5 Å². The van der Waals surface area contributed by atoms with Crippen LogP contribution in [-0.4, -0.2) is 43.0 Å². The van der Waals surface area contributed by atoms with Crippen LogP contribution in [0.2, 0.25) is 0 Å². The third-order valence-corrected chi connectivity index (χ3v) is 4.03. The standard InChI is InChI=1S/C18H23BrN4O/c1-13-11-14(19)5-6-16(13)22-18(24)17-12-15(7-9-21-17)20-8-4-10-23(2)3/h5-7,9,11-12H,4,8,10H2,1-3H3,(H,20,21)(H,22,24). The molecule has 0 aliphatic carbocycles. The second kappa shape index (κ2) is 8.80. The van der Waals surface area contributed by atoms with E-state index in [1.54, 1.807) is 12.3 Å². The first-order chi connectivity index (χ1) is 11.5. The Balaban J connectivity index is 1.98. The Morgan fingerprint density at radius 1 is 1.25 bits per heavy atom. The Hall–Kier alpha value is -1.92. The maximum Gasteiger partial charge on any atom is 0.274 e. The number of carbonyl (C=O) groups is 1. The number of aromatic nitrogens is 1. The average molecular weight is 391 g/mol. The van der Waals surface area contributed by atoms with Crippen LogP contribution < -0.4 is 10.6 Å². The first kappa shape index (κ1) is 18.4. The lowest BCUT2D eigenvalue weighted by Gasteiger charge is -2.12. The lowest BCUT2D eigenvalue weighted by atomic mass is 10.2. The van der Waals surface area contributed by atoms with Gasteiger partial charge in [-0.05, 0) is 69.9 Å². The molecule has 1 amide bonds. The minimum atomic E-state index is -0.211. The van der Waals surface area contributed by atoms with Crippen molar-refractivity contribution in [2.24, 2.45) is 0 Å². The molecule has 24 heavy (non-hydrogen) atoms. The van der Waals surface area contributed by atoms with Gasteiger partial charge in [0.15, 0.2) is 0 Å². The first-order valence-electron chi connectivity index (χ1n) is 7.88. The largest absolute Gasteiger partial charge is 0.385 e. The number of carbonyl (C=O) groups excluding carboxylic acids is 1. The minimum Gasteiger partial charge on any atom is -0.385 e. The molecule has 0 saturated carbocycles. The van der Waals surface area contributed by atoms with Crippen molar-refractivity contribution in [3.63, 3.8) is 0 Å². The van der Waals surface area contributed by atoms with E-state index in [9.17, 15) is 4.79 Å². The third-order valence-electron chi connectivity index (χ3n) is 3.54. The number of pyridine rings is 1. The van der Waals surface area contributed by atoms with E-state index in [-0.39, 0.29) is 5.91 Å². The number of nitrogens with one attached hydrogen (secondary N) is 2. The predicted molar refractivity (Wildman–Crippen MR) is 103 cm³/mol. The van der Waals surface area contributed by atoms with Crippen LogP contribution in [0.5, 0.6) is 0 Å². The number of halogens is 1. The zero-order valence-corrected chi connectivity index (χ0v) is 15.9. The molecular formula is C18H23BrN4O. The number of benzene rings is 1.